The van der Waals surface area contributed by atoms with Crippen molar-refractivity contribution < 1.29 is 25.9 Å². The topological polar surface area (TPSA) is 115 Å². The second kappa shape index (κ2) is 8.69. The van der Waals surface area contributed by atoms with Crippen LogP contribution in [0.15, 0.2) is 53.7 Å². The summed E-state index contributed by atoms with van der Waals surface area (Å²) in [5.41, 5.74) is 3.15. The van der Waals surface area contributed by atoms with Gasteiger partial charge in [0.2, 0.25) is 0 Å². The van der Waals surface area contributed by atoms with Crippen LogP contribution in [0.1, 0.15) is 11.1 Å². The smallest absolute Gasteiger partial charge is 0.285 e. The summed E-state index contributed by atoms with van der Waals surface area (Å²) >= 11 is 0. The Morgan fingerprint density at radius 1 is 1.14 bits per heavy atom. The molecule has 0 unspecified atom stereocenters. The lowest BCUT2D eigenvalue weighted by atomic mass is 10.2. The maximum atomic E-state index is 12.7. The number of carbonyl (C=O) groups excluding carboxylic acids is 1. The minimum absolute atomic E-state index is 0.139. The SMILES string of the molecule is CN(C)Cc1ccc(S(=O)(=O)n2ccc(/C=C/C(=O)NOS(C)(=O)=O)c2)cc1. The molecule has 152 valence electrons. The van der Waals surface area contributed by atoms with Crippen molar-refractivity contribution in [1.82, 2.24) is 14.4 Å². The zero-order valence-corrected chi connectivity index (χ0v) is 17.2. The molecular formula is C17H21N3O6S2. The number of nitrogens with one attached hydrogen (secondary N) is 1. The molecule has 0 aliphatic rings. The molecule has 0 atom stereocenters. The fourth-order valence-electron chi connectivity index (χ4n) is 2.22. The van der Waals surface area contributed by atoms with Gasteiger partial charge in [-0.25, -0.2) is 17.9 Å². The van der Waals surface area contributed by atoms with Gasteiger partial charge in [0.05, 0.1) is 11.2 Å². The van der Waals surface area contributed by atoms with Crippen molar-refractivity contribution in [2.45, 2.75) is 11.4 Å². The van der Waals surface area contributed by atoms with Crippen molar-refractivity contribution in [2.24, 2.45) is 0 Å². The summed E-state index contributed by atoms with van der Waals surface area (Å²) in [6.07, 6.45) is 5.83. The van der Waals surface area contributed by atoms with Crippen molar-refractivity contribution in [3.05, 3.63) is 59.9 Å². The number of benzene rings is 1. The van der Waals surface area contributed by atoms with Gasteiger partial charge in [0.15, 0.2) is 0 Å². The summed E-state index contributed by atoms with van der Waals surface area (Å²) in [4.78, 5) is 13.6. The molecule has 2 aromatic rings. The first-order valence-electron chi connectivity index (χ1n) is 8.01. The number of carbonyl (C=O) groups is 1. The van der Waals surface area contributed by atoms with Crippen LogP contribution in [0.4, 0.5) is 0 Å². The molecule has 0 saturated heterocycles. The molecule has 0 radical (unpaired) electrons. The molecule has 0 saturated carbocycles. The van der Waals surface area contributed by atoms with Crippen LogP contribution >= 0.6 is 0 Å². The highest BCUT2D eigenvalue weighted by atomic mass is 32.2. The number of hydrogen-bond donors (Lipinski definition) is 1. The molecule has 28 heavy (non-hydrogen) atoms. The van der Waals surface area contributed by atoms with Gasteiger partial charge in [0.25, 0.3) is 26.0 Å². The maximum Gasteiger partial charge on any atom is 0.285 e. The third-order valence-corrected chi connectivity index (χ3v) is 5.44. The first-order chi connectivity index (χ1) is 13.0. The zero-order chi connectivity index (χ0) is 20.9. The van der Waals surface area contributed by atoms with Crippen LogP contribution in [0, 0.1) is 0 Å². The summed E-state index contributed by atoms with van der Waals surface area (Å²) in [5, 5.41) is 0. The van der Waals surface area contributed by atoms with Crippen molar-refractivity contribution in [1.29, 1.82) is 0 Å². The van der Waals surface area contributed by atoms with Crippen LogP contribution in [0.2, 0.25) is 0 Å². The summed E-state index contributed by atoms with van der Waals surface area (Å²) in [6, 6.07) is 8.09. The Labute approximate surface area is 164 Å². The average Bonchev–Trinajstić information content (AvgIpc) is 3.07. The van der Waals surface area contributed by atoms with E-state index in [4.69, 9.17) is 0 Å². The van der Waals surface area contributed by atoms with Gasteiger partial charge in [-0.15, -0.1) is 4.28 Å². The van der Waals surface area contributed by atoms with Gasteiger partial charge in [-0.2, -0.15) is 8.42 Å². The van der Waals surface area contributed by atoms with E-state index in [-0.39, 0.29) is 4.90 Å². The fourth-order valence-corrected chi connectivity index (χ4v) is 3.66. The number of rotatable bonds is 8. The molecule has 2 rings (SSSR count). The number of hydrogen-bond acceptors (Lipinski definition) is 7. The lowest BCUT2D eigenvalue weighted by molar-refractivity contribution is -0.122. The Morgan fingerprint density at radius 2 is 1.79 bits per heavy atom. The Hall–Kier alpha value is -2.47. The van der Waals surface area contributed by atoms with E-state index in [1.165, 1.54) is 24.5 Å². The largest absolute Gasteiger partial charge is 0.305 e. The monoisotopic (exact) mass is 427 g/mol. The molecule has 0 bridgehead atoms. The summed E-state index contributed by atoms with van der Waals surface area (Å²) in [7, 11) is -3.73. The molecule has 0 spiro atoms. The predicted octanol–water partition coefficient (Wildman–Crippen LogP) is 0.807. The minimum atomic E-state index is -3.81. The van der Waals surface area contributed by atoms with Gasteiger partial charge in [0.1, 0.15) is 0 Å². The molecule has 1 N–H and O–H groups in total. The second-order valence-corrected chi connectivity index (χ2v) is 9.67. The average molecular weight is 428 g/mol. The summed E-state index contributed by atoms with van der Waals surface area (Å²) in [5.74, 6) is -0.808. The van der Waals surface area contributed by atoms with Crippen LogP contribution in [0.5, 0.6) is 0 Å². The third kappa shape index (κ3) is 6.30. The molecule has 1 aromatic carbocycles. The number of nitrogens with zero attached hydrogens (tertiary/aromatic N) is 2. The van der Waals surface area contributed by atoms with E-state index >= 15 is 0 Å². The van der Waals surface area contributed by atoms with Crippen LogP contribution in [0.25, 0.3) is 6.08 Å². The van der Waals surface area contributed by atoms with E-state index in [9.17, 15) is 21.6 Å². The van der Waals surface area contributed by atoms with Crippen molar-refractivity contribution in [2.75, 3.05) is 20.4 Å². The molecular weight excluding hydrogens is 406 g/mol. The van der Waals surface area contributed by atoms with Gasteiger partial charge in [-0.3, -0.25) is 4.79 Å². The van der Waals surface area contributed by atoms with Gasteiger partial charge in [-0.05, 0) is 49.5 Å². The van der Waals surface area contributed by atoms with Crippen molar-refractivity contribution >= 4 is 32.1 Å². The van der Waals surface area contributed by atoms with Crippen LogP contribution < -0.4 is 5.48 Å². The van der Waals surface area contributed by atoms with E-state index < -0.39 is 26.0 Å². The summed E-state index contributed by atoms with van der Waals surface area (Å²) in [6.45, 7) is 0.698. The molecule has 1 heterocycles. The van der Waals surface area contributed by atoms with Crippen LogP contribution in [-0.4, -0.2) is 52.0 Å². The lowest BCUT2D eigenvalue weighted by Crippen LogP contribution is -2.24. The minimum Gasteiger partial charge on any atom is -0.305 e. The van der Waals surface area contributed by atoms with Crippen LogP contribution in [0.3, 0.4) is 0 Å². The van der Waals surface area contributed by atoms with E-state index in [1.54, 1.807) is 29.7 Å². The molecule has 0 aliphatic carbocycles. The Balaban J connectivity index is 2.11. The summed E-state index contributed by atoms with van der Waals surface area (Å²) < 4.78 is 52.2. The number of aromatic nitrogens is 1. The number of hydroxylamine groups is 1. The predicted molar refractivity (Wildman–Crippen MR) is 104 cm³/mol. The molecule has 1 amide bonds. The highest BCUT2D eigenvalue weighted by Gasteiger charge is 2.16. The molecule has 0 aliphatic heterocycles. The van der Waals surface area contributed by atoms with E-state index in [1.807, 2.05) is 19.0 Å². The van der Waals surface area contributed by atoms with E-state index in [0.717, 1.165) is 21.9 Å². The lowest BCUT2D eigenvalue weighted by Gasteiger charge is -2.10. The zero-order valence-electron chi connectivity index (χ0n) is 15.6. The standard InChI is InChI=1S/C17H21N3O6S2/c1-19(2)12-14-4-7-16(8-5-14)28(24,25)20-11-10-15(13-20)6-9-17(21)18-26-27(3,22)23/h4-11,13H,12H2,1-3H3,(H,18,21)/b9-6+. The van der Waals surface area contributed by atoms with Crippen molar-refractivity contribution in [3.8, 4) is 0 Å². The molecule has 11 heteroatoms. The number of amides is 1. The highest BCUT2D eigenvalue weighted by molar-refractivity contribution is 7.90. The Morgan fingerprint density at radius 3 is 2.36 bits per heavy atom. The fraction of sp³-hybridized carbons (Fsp3) is 0.235. The second-order valence-electron chi connectivity index (χ2n) is 6.25. The first kappa shape index (κ1) is 21.8. The first-order valence-corrected chi connectivity index (χ1v) is 11.3. The maximum absolute atomic E-state index is 12.7. The Bertz CT molecular complexity index is 1070. The van der Waals surface area contributed by atoms with Crippen molar-refractivity contribution in [3.63, 3.8) is 0 Å². The Kier molecular flexibility index (Phi) is 6.77. The van der Waals surface area contributed by atoms with Gasteiger partial charge in [0, 0.05) is 25.0 Å². The van der Waals surface area contributed by atoms with Crippen LogP contribution in [-0.2, 0) is 35.8 Å². The normalized spacial score (nSPS) is 12.6. The quantitative estimate of drug-likeness (QED) is 0.490. The third-order valence-electron chi connectivity index (χ3n) is 3.41. The highest BCUT2D eigenvalue weighted by Crippen LogP contribution is 2.17. The van der Waals surface area contributed by atoms with E-state index in [0.29, 0.717) is 12.1 Å². The van der Waals surface area contributed by atoms with Gasteiger partial charge in [-0.1, -0.05) is 12.1 Å². The molecule has 1 aromatic heterocycles. The van der Waals surface area contributed by atoms with E-state index in [2.05, 4.69) is 4.28 Å². The van der Waals surface area contributed by atoms with Gasteiger partial charge < -0.3 is 4.90 Å². The van der Waals surface area contributed by atoms with Gasteiger partial charge >= 0.3 is 0 Å². The molecule has 9 nitrogen and oxygen atoms in total. The molecule has 0 fully saturated rings.